The first-order valence-electron chi connectivity index (χ1n) is 10.6. The van der Waals surface area contributed by atoms with Crippen LogP contribution in [0.25, 0.3) is 10.9 Å². The number of carbonyl (C=O) groups excluding carboxylic acids is 2. The molecule has 8 nitrogen and oxygen atoms in total. The highest BCUT2D eigenvalue weighted by molar-refractivity contribution is 5.98. The molecule has 0 unspecified atom stereocenters. The van der Waals surface area contributed by atoms with Crippen LogP contribution in [0.2, 0.25) is 0 Å². The smallest absolute Gasteiger partial charge is 0.257 e. The maximum Gasteiger partial charge on any atom is 0.257 e. The van der Waals surface area contributed by atoms with E-state index >= 15 is 0 Å². The summed E-state index contributed by atoms with van der Waals surface area (Å²) < 4.78 is 5.21. The number of nitrogens with one attached hydrogen (secondary N) is 2. The Kier molecular flexibility index (Phi) is 6.39. The lowest BCUT2D eigenvalue weighted by Crippen LogP contribution is -2.42. The van der Waals surface area contributed by atoms with Crippen molar-refractivity contribution in [3.05, 3.63) is 70.5 Å². The minimum Gasteiger partial charge on any atom is -0.497 e. The molecule has 1 fully saturated rings. The fourth-order valence-electron chi connectivity index (χ4n) is 3.92. The Morgan fingerprint density at radius 2 is 1.81 bits per heavy atom. The molecule has 0 radical (unpaired) electrons. The van der Waals surface area contributed by atoms with E-state index in [-0.39, 0.29) is 23.4 Å². The molecule has 0 saturated carbocycles. The summed E-state index contributed by atoms with van der Waals surface area (Å²) in [4.78, 5) is 44.8. The van der Waals surface area contributed by atoms with Crippen molar-refractivity contribution in [2.24, 2.45) is 0 Å². The molecule has 2 amide bonds. The van der Waals surface area contributed by atoms with E-state index in [1.54, 1.807) is 30.2 Å². The molecule has 0 bridgehead atoms. The summed E-state index contributed by atoms with van der Waals surface area (Å²) in [5, 5.41) is 3.04. The van der Waals surface area contributed by atoms with Gasteiger partial charge < -0.3 is 24.8 Å². The molecule has 1 aliphatic heterocycles. The Morgan fingerprint density at radius 1 is 1.03 bits per heavy atom. The second-order valence-electron chi connectivity index (χ2n) is 7.68. The number of pyridine rings is 1. The number of nitrogens with zero attached hydrogens (tertiary/aromatic N) is 2. The average Bonchev–Trinajstić information content (AvgIpc) is 3.09. The van der Waals surface area contributed by atoms with Gasteiger partial charge in [-0.15, -0.1) is 0 Å². The maximum absolute atomic E-state index is 12.7. The van der Waals surface area contributed by atoms with Gasteiger partial charge in [-0.25, -0.2) is 0 Å². The molecule has 3 aromatic rings. The normalized spacial score (nSPS) is 14.2. The Morgan fingerprint density at radius 3 is 2.59 bits per heavy atom. The first-order chi connectivity index (χ1) is 15.6. The number of amides is 2. The molecule has 1 saturated heterocycles. The lowest BCUT2D eigenvalue weighted by molar-refractivity contribution is -0.129. The average molecular weight is 434 g/mol. The number of H-pyrrole nitrogens is 1. The van der Waals surface area contributed by atoms with Crippen molar-refractivity contribution in [2.45, 2.75) is 6.42 Å². The number of benzene rings is 2. The third-order valence-electron chi connectivity index (χ3n) is 5.72. The molecule has 166 valence electrons. The van der Waals surface area contributed by atoms with E-state index in [1.165, 1.54) is 6.20 Å². The Bertz CT molecular complexity index is 1170. The van der Waals surface area contributed by atoms with Gasteiger partial charge in [-0.05, 0) is 42.8 Å². The summed E-state index contributed by atoms with van der Waals surface area (Å²) in [5.41, 5.74) is 1.40. The van der Waals surface area contributed by atoms with E-state index < -0.39 is 5.91 Å². The monoisotopic (exact) mass is 434 g/mol. The summed E-state index contributed by atoms with van der Waals surface area (Å²) in [6.45, 7) is 2.59. The third-order valence-corrected chi connectivity index (χ3v) is 5.72. The van der Waals surface area contributed by atoms with Crippen LogP contribution in [0.1, 0.15) is 16.8 Å². The second-order valence-corrected chi connectivity index (χ2v) is 7.68. The van der Waals surface area contributed by atoms with Crippen LogP contribution in [-0.4, -0.2) is 61.5 Å². The Labute approximate surface area is 185 Å². The minimum absolute atomic E-state index is 0.00181. The van der Waals surface area contributed by atoms with E-state index in [2.05, 4.69) is 15.2 Å². The number of carbonyl (C=O) groups is 2. The van der Waals surface area contributed by atoms with E-state index in [4.69, 9.17) is 4.74 Å². The van der Waals surface area contributed by atoms with Crippen molar-refractivity contribution < 1.29 is 14.3 Å². The molecule has 2 N–H and O–H groups in total. The zero-order valence-corrected chi connectivity index (χ0v) is 18.0. The van der Waals surface area contributed by atoms with Crippen LogP contribution < -0.4 is 20.4 Å². The molecule has 2 heterocycles. The zero-order chi connectivity index (χ0) is 22.5. The van der Waals surface area contributed by atoms with E-state index in [0.717, 1.165) is 24.4 Å². The number of para-hydroxylation sites is 1. The molecule has 0 spiro atoms. The Balaban J connectivity index is 1.34. The first-order valence-corrected chi connectivity index (χ1v) is 10.6. The molecule has 32 heavy (non-hydrogen) atoms. The summed E-state index contributed by atoms with van der Waals surface area (Å²) in [7, 11) is 1.64. The van der Waals surface area contributed by atoms with Crippen LogP contribution >= 0.6 is 0 Å². The summed E-state index contributed by atoms with van der Waals surface area (Å²) >= 11 is 0. The fourth-order valence-corrected chi connectivity index (χ4v) is 3.92. The highest BCUT2D eigenvalue weighted by Gasteiger charge is 2.21. The van der Waals surface area contributed by atoms with Crippen molar-refractivity contribution >= 4 is 28.4 Å². The molecule has 0 atom stereocenters. The highest BCUT2D eigenvalue weighted by Crippen LogP contribution is 2.20. The van der Waals surface area contributed by atoms with E-state index in [9.17, 15) is 14.4 Å². The number of ether oxygens (including phenoxy) is 1. The zero-order valence-electron chi connectivity index (χ0n) is 18.0. The molecule has 4 rings (SSSR count). The van der Waals surface area contributed by atoms with Gasteiger partial charge in [-0.3, -0.25) is 14.4 Å². The molecule has 8 heteroatoms. The van der Waals surface area contributed by atoms with E-state index in [0.29, 0.717) is 30.5 Å². The van der Waals surface area contributed by atoms with Crippen molar-refractivity contribution in [1.82, 2.24) is 15.2 Å². The topological polar surface area (TPSA) is 94.7 Å². The largest absolute Gasteiger partial charge is 0.497 e. The maximum atomic E-state index is 12.7. The number of fused-ring (bicyclic) bond motifs is 1. The number of anilines is 1. The van der Waals surface area contributed by atoms with Crippen molar-refractivity contribution in [3.63, 3.8) is 0 Å². The van der Waals surface area contributed by atoms with Crippen LogP contribution in [0.5, 0.6) is 5.75 Å². The number of hydrogen-bond donors (Lipinski definition) is 2. The predicted molar refractivity (Wildman–Crippen MR) is 123 cm³/mol. The van der Waals surface area contributed by atoms with Gasteiger partial charge >= 0.3 is 0 Å². The van der Waals surface area contributed by atoms with Crippen LogP contribution in [0, 0.1) is 0 Å². The lowest BCUT2D eigenvalue weighted by Gasteiger charge is -2.24. The quantitative estimate of drug-likeness (QED) is 0.641. The molecule has 0 aliphatic carbocycles. The van der Waals surface area contributed by atoms with Crippen molar-refractivity contribution in [3.8, 4) is 5.75 Å². The third kappa shape index (κ3) is 4.59. The van der Waals surface area contributed by atoms with Crippen LogP contribution in [-0.2, 0) is 4.79 Å². The first kappa shape index (κ1) is 21.4. The van der Waals surface area contributed by atoms with Crippen LogP contribution in [0.4, 0.5) is 5.69 Å². The van der Waals surface area contributed by atoms with Gasteiger partial charge in [0.1, 0.15) is 11.3 Å². The van der Waals surface area contributed by atoms with Gasteiger partial charge in [0, 0.05) is 49.0 Å². The SMILES string of the molecule is COc1ccc(N2CCCN(C(=O)CNC(=O)c3c[nH]c4ccccc4c3=O)CC2)cc1. The number of methoxy groups -OCH3 is 1. The molecule has 1 aliphatic rings. The number of aromatic amines is 1. The fraction of sp³-hybridized carbons (Fsp3) is 0.292. The summed E-state index contributed by atoms with van der Waals surface area (Å²) in [5.74, 6) is 0.0913. The molecule has 2 aromatic carbocycles. The number of hydrogen-bond acceptors (Lipinski definition) is 5. The van der Waals surface area contributed by atoms with Gasteiger partial charge in [-0.1, -0.05) is 12.1 Å². The number of rotatable bonds is 5. The van der Waals surface area contributed by atoms with Gasteiger partial charge in [0.2, 0.25) is 11.3 Å². The molecule has 1 aromatic heterocycles. The van der Waals surface area contributed by atoms with Gasteiger partial charge in [0.25, 0.3) is 5.91 Å². The number of aromatic nitrogens is 1. The van der Waals surface area contributed by atoms with Crippen molar-refractivity contribution in [2.75, 3.05) is 44.7 Å². The van der Waals surface area contributed by atoms with E-state index in [1.807, 2.05) is 30.3 Å². The predicted octanol–water partition coefficient (Wildman–Crippen LogP) is 2.01. The van der Waals surface area contributed by atoms with Crippen LogP contribution in [0.15, 0.2) is 59.5 Å². The van der Waals surface area contributed by atoms with Crippen molar-refractivity contribution in [1.29, 1.82) is 0 Å². The van der Waals surface area contributed by atoms with Gasteiger partial charge in [-0.2, -0.15) is 0 Å². The summed E-state index contributed by atoms with van der Waals surface area (Å²) in [6, 6.07) is 14.9. The summed E-state index contributed by atoms with van der Waals surface area (Å²) in [6.07, 6.45) is 2.22. The van der Waals surface area contributed by atoms with Crippen LogP contribution in [0.3, 0.4) is 0 Å². The van der Waals surface area contributed by atoms with Gasteiger partial charge in [0.15, 0.2) is 0 Å². The van der Waals surface area contributed by atoms with Gasteiger partial charge in [0.05, 0.1) is 13.7 Å². The lowest BCUT2D eigenvalue weighted by atomic mass is 10.1. The molecular weight excluding hydrogens is 408 g/mol. The highest BCUT2D eigenvalue weighted by atomic mass is 16.5. The Hall–Kier alpha value is -3.81. The standard InChI is InChI=1S/C24H26N4O4/c1-32-18-9-7-17(8-10-18)27-11-4-12-28(14-13-27)22(29)16-26-24(31)20-15-25-21-6-3-2-5-19(21)23(20)30/h2-3,5-10,15H,4,11-14,16H2,1H3,(H,25,30)(H,26,31). The molecular formula is C24H26N4O4. The second kappa shape index (κ2) is 9.55. The minimum atomic E-state index is -0.556.